The van der Waals surface area contributed by atoms with Gasteiger partial charge in [-0.3, -0.25) is 0 Å². The standard InChI is InChI=1S/C13H13FN2/c14-12-3-9(6-15)1-2-11(12)10-4-13(5-10)7-16-8-13/h1-3,10,16H,4-5,7-8H2. The van der Waals surface area contributed by atoms with Crippen molar-refractivity contribution in [2.45, 2.75) is 18.8 Å². The molecule has 0 atom stereocenters. The van der Waals surface area contributed by atoms with Crippen molar-refractivity contribution >= 4 is 0 Å². The fourth-order valence-electron chi connectivity index (χ4n) is 2.90. The zero-order chi connectivity index (χ0) is 11.2. The highest BCUT2D eigenvalue weighted by molar-refractivity contribution is 5.36. The molecule has 3 rings (SSSR count). The van der Waals surface area contributed by atoms with Crippen LogP contribution in [0.25, 0.3) is 0 Å². The highest BCUT2D eigenvalue weighted by Gasteiger charge is 2.49. The molecular weight excluding hydrogens is 203 g/mol. The fourth-order valence-corrected chi connectivity index (χ4v) is 2.90. The van der Waals surface area contributed by atoms with Gasteiger partial charge < -0.3 is 5.32 Å². The SMILES string of the molecule is N#Cc1ccc(C2CC3(CNC3)C2)c(F)c1. The van der Waals surface area contributed by atoms with E-state index in [-0.39, 0.29) is 5.82 Å². The summed E-state index contributed by atoms with van der Waals surface area (Å²) in [5.41, 5.74) is 1.66. The third kappa shape index (κ3) is 1.34. The molecule has 1 aliphatic carbocycles. The van der Waals surface area contributed by atoms with Gasteiger partial charge >= 0.3 is 0 Å². The van der Waals surface area contributed by atoms with Crippen LogP contribution in [0, 0.1) is 22.6 Å². The minimum absolute atomic E-state index is 0.216. The Balaban J connectivity index is 1.78. The molecule has 2 fully saturated rings. The van der Waals surface area contributed by atoms with Crippen molar-refractivity contribution in [3.8, 4) is 6.07 Å². The van der Waals surface area contributed by atoms with Gasteiger partial charge in [0.1, 0.15) is 5.82 Å². The first-order valence-electron chi connectivity index (χ1n) is 5.63. The summed E-state index contributed by atoms with van der Waals surface area (Å²) in [6.07, 6.45) is 2.17. The Hall–Kier alpha value is -1.40. The minimum Gasteiger partial charge on any atom is -0.316 e. The lowest BCUT2D eigenvalue weighted by atomic mass is 9.57. The summed E-state index contributed by atoms with van der Waals surface area (Å²) in [6.45, 7) is 2.17. The van der Waals surface area contributed by atoms with Crippen LogP contribution in [0.3, 0.4) is 0 Å². The molecule has 1 aliphatic heterocycles. The quantitative estimate of drug-likeness (QED) is 0.780. The van der Waals surface area contributed by atoms with Crippen molar-refractivity contribution in [3.63, 3.8) is 0 Å². The van der Waals surface area contributed by atoms with Crippen LogP contribution in [-0.4, -0.2) is 13.1 Å². The second kappa shape index (κ2) is 3.29. The lowest BCUT2D eigenvalue weighted by Crippen LogP contribution is -2.59. The van der Waals surface area contributed by atoms with E-state index < -0.39 is 0 Å². The van der Waals surface area contributed by atoms with Gasteiger partial charge in [-0.15, -0.1) is 0 Å². The summed E-state index contributed by atoms with van der Waals surface area (Å²) in [4.78, 5) is 0. The summed E-state index contributed by atoms with van der Waals surface area (Å²) in [5, 5.41) is 11.9. The Bertz CT molecular complexity index is 463. The lowest BCUT2D eigenvalue weighted by molar-refractivity contribution is 0.0350. The minimum atomic E-state index is -0.216. The Morgan fingerprint density at radius 2 is 2.12 bits per heavy atom. The molecule has 0 radical (unpaired) electrons. The zero-order valence-electron chi connectivity index (χ0n) is 8.96. The van der Waals surface area contributed by atoms with Gasteiger partial charge in [-0.25, -0.2) is 4.39 Å². The molecule has 1 aromatic rings. The molecule has 0 unspecified atom stereocenters. The third-order valence-corrected chi connectivity index (χ3v) is 3.93. The molecule has 0 amide bonds. The molecule has 1 spiro atoms. The molecule has 1 aromatic carbocycles. The summed E-state index contributed by atoms with van der Waals surface area (Å²) in [5.74, 6) is 0.140. The number of halogens is 1. The predicted molar refractivity (Wildman–Crippen MR) is 58.4 cm³/mol. The van der Waals surface area contributed by atoms with Crippen LogP contribution in [0.4, 0.5) is 4.39 Å². The van der Waals surface area contributed by atoms with Crippen LogP contribution < -0.4 is 5.32 Å². The molecular formula is C13H13FN2. The van der Waals surface area contributed by atoms with Gasteiger partial charge in [-0.1, -0.05) is 6.07 Å². The molecule has 1 saturated heterocycles. The zero-order valence-corrected chi connectivity index (χ0v) is 8.96. The van der Waals surface area contributed by atoms with Gasteiger partial charge in [0.15, 0.2) is 0 Å². The Labute approximate surface area is 94.1 Å². The van der Waals surface area contributed by atoms with Crippen LogP contribution in [-0.2, 0) is 0 Å². The van der Waals surface area contributed by atoms with Gasteiger partial charge in [0.05, 0.1) is 11.6 Å². The molecule has 0 aromatic heterocycles. The smallest absolute Gasteiger partial charge is 0.127 e. The number of nitrogens with one attached hydrogen (secondary N) is 1. The number of rotatable bonds is 1. The topological polar surface area (TPSA) is 35.8 Å². The van der Waals surface area contributed by atoms with E-state index in [1.807, 2.05) is 6.07 Å². The first kappa shape index (κ1) is 9.80. The highest BCUT2D eigenvalue weighted by Crippen LogP contribution is 2.53. The Morgan fingerprint density at radius 1 is 1.38 bits per heavy atom. The third-order valence-electron chi connectivity index (χ3n) is 3.93. The maximum Gasteiger partial charge on any atom is 0.127 e. The maximum absolute atomic E-state index is 13.7. The Kier molecular flexibility index (Phi) is 2.02. The van der Waals surface area contributed by atoms with E-state index >= 15 is 0 Å². The van der Waals surface area contributed by atoms with E-state index in [4.69, 9.17) is 5.26 Å². The molecule has 1 N–H and O–H groups in total. The van der Waals surface area contributed by atoms with E-state index in [9.17, 15) is 4.39 Å². The number of hydrogen-bond acceptors (Lipinski definition) is 2. The van der Waals surface area contributed by atoms with Gasteiger partial charge in [0.25, 0.3) is 0 Å². The van der Waals surface area contributed by atoms with Crippen LogP contribution >= 0.6 is 0 Å². The number of nitriles is 1. The van der Waals surface area contributed by atoms with Crippen LogP contribution in [0.1, 0.15) is 29.9 Å². The van der Waals surface area contributed by atoms with Crippen molar-refractivity contribution in [2.75, 3.05) is 13.1 Å². The average molecular weight is 216 g/mol. The maximum atomic E-state index is 13.7. The molecule has 3 heteroatoms. The molecule has 2 aliphatic rings. The largest absolute Gasteiger partial charge is 0.316 e. The first-order chi connectivity index (χ1) is 7.72. The van der Waals surface area contributed by atoms with Crippen molar-refractivity contribution in [1.82, 2.24) is 5.32 Å². The molecule has 16 heavy (non-hydrogen) atoms. The van der Waals surface area contributed by atoms with E-state index in [1.54, 1.807) is 12.1 Å². The fraction of sp³-hybridized carbons (Fsp3) is 0.462. The second-order valence-electron chi connectivity index (χ2n) is 5.06. The van der Waals surface area contributed by atoms with E-state index in [1.165, 1.54) is 6.07 Å². The number of nitrogens with zero attached hydrogens (tertiary/aromatic N) is 1. The molecule has 1 heterocycles. The molecule has 82 valence electrons. The van der Waals surface area contributed by atoms with E-state index in [2.05, 4.69) is 5.32 Å². The highest BCUT2D eigenvalue weighted by atomic mass is 19.1. The molecule has 2 nitrogen and oxygen atoms in total. The van der Waals surface area contributed by atoms with Crippen molar-refractivity contribution < 1.29 is 4.39 Å². The van der Waals surface area contributed by atoms with Crippen LogP contribution in [0.5, 0.6) is 0 Å². The van der Waals surface area contributed by atoms with Gasteiger partial charge in [0, 0.05) is 13.1 Å². The van der Waals surface area contributed by atoms with E-state index in [0.717, 1.165) is 31.5 Å². The van der Waals surface area contributed by atoms with E-state index in [0.29, 0.717) is 16.9 Å². The molecule has 1 saturated carbocycles. The van der Waals surface area contributed by atoms with Gasteiger partial charge in [-0.2, -0.15) is 5.26 Å². The second-order valence-corrected chi connectivity index (χ2v) is 5.06. The number of hydrogen-bond donors (Lipinski definition) is 1. The predicted octanol–water partition coefficient (Wildman–Crippen LogP) is 2.16. The lowest BCUT2D eigenvalue weighted by Gasteiger charge is -2.54. The average Bonchev–Trinajstić information content (AvgIpc) is 2.15. The van der Waals surface area contributed by atoms with Crippen molar-refractivity contribution in [2.24, 2.45) is 5.41 Å². The summed E-state index contributed by atoms with van der Waals surface area (Å²) >= 11 is 0. The van der Waals surface area contributed by atoms with Gasteiger partial charge in [0.2, 0.25) is 0 Å². The van der Waals surface area contributed by atoms with Gasteiger partial charge in [-0.05, 0) is 41.9 Å². The first-order valence-corrected chi connectivity index (χ1v) is 5.63. The number of benzene rings is 1. The molecule has 0 bridgehead atoms. The van der Waals surface area contributed by atoms with Crippen molar-refractivity contribution in [3.05, 3.63) is 35.1 Å². The van der Waals surface area contributed by atoms with Crippen molar-refractivity contribution in [1.29, 1.82) is 5.26 Å². The van der Waals surface area contributed by atoms with Crippen LogP contribution in [0.2, 0.25) is 0 Å². The summed E-state index contributed by atoms with van der Waals surface area (Å²) < 4.78 is 13.7. The summed E-state index contributed by atoms with van der Waals surface area (Å²) in [6, 6.07) is 6.79. The Morgan fingerprint density at radius 3 is 2.62 bits per heavy atom. The monoisotopic (exact) mass is 216 g/mol. The normalized spacial score (nSPS) is 22.2. The summed E-state index contributed by atoms with van der Waals surface area (Å²) in [7, 11) is 0. The van der Waals surface area contributed by atoms with Crippen LogP contribution in [0.15, 0.2) is 18.2 Å².